The highest BCUT2D eigenvalue weighted by Crippen LogP contribution is 2.12. The number of likely N-dealkylation sites (tertiary alicyclic amines) is 1. The highest BCUT2D eigenvalue weighted by Gasteiger charge is 2.18. The van der Waals surface area contributed by atoms with Crippen LogP contribution in [0.3, 0.4) is 0 Å². The molecular formula is C19H24FN3. The van der Waals surface area contributed by atoms with Gasteiger partial charge in [0, 0.05) is 31.5 Å². The fourth-order valence-electron chi connectivity index (χ4n) is 3.11. The van der Waals surface area contributed by atoms with E-state index < -0.39 is 0 Å². The van der Waals surface area contributed by atoms with Crippen LogP contribution in [0.2, 0.25) is 0 Å². The highest BCUT2D eigenvalue weighted by atomic mass is 19.1. The van der Waals surface area contributed by atoms with Crippen LogP contribution in [0.5, 0.6) is 0 Å². The van der Waals surface area contributed by atoms with Crippen LogP contribution in [0.15, 0.2) is 48.8 Å². The van der Waals surface area contributed by atoms with Gasteiger partial charge in [0.2, 0.25) is 0 Å². The molecule has 0 unspecified atom stereocenters. The van der Waals surface area contributed by atoms with E-state index in [-0.39, 0.29) is 5.82 Å². The first-order valence-corrected chi connectivity index (χ1v) is 8.39. The van der Waals surface area contributed by atoms with Crippen molar-refractivity contribution in [1.29, 1.82) is 0 Å². The number of hydrogen-bond donors (Lipinski definition) is 1. The molecule has 1 aromatic carbocycles. The molecule has 3 nitrogen and oxygen atoms in total. The summed E-state index contributed by atoms with van der Waals surface area (Å²) in [6.07, 6.45) is 7.12. The third kappa shape index (κ3) is 5.12. The predicted molar refractivity (Wildman–Crippen MR) is 90.6 cm³/mol. The van der Waals surface area contributed by atoms with Gasteiger partial charge in [-0.05, 0) is 67.7 Å². The van der Waals surface area contributed by atoms with Gasteiger partial charge in [0.15, 0.2) is 0 Å². The van der Waals surface area contributed by atoms with Gasteiger partial charge in [-0.15, -0.1) is 0 Å². The first-order valence-electron chi connectivity index (χ1n) is 8.39. The maximum absolute atomic E-state index is 13.2. The number of halogens is 1. The van der Waals surface area contributed by atoms with Gasteiger partial charge >= 0.3 is 0 Å². The van der Waals surface area contributed by atoms with E-state index in [2.05, 4.69) is 27.3 Å². The first kappa shape index (κ1) is 16.1. The smallest absolute Gasteiger partial charge is 0.123 e. The third-order valence-corrected chi connectivity index (χ3v) is 4.54. The molecule has 0 radical (unpaired) electrons. The summed E-state index contributed by atoms with van der Waals surface area (Å²) in [4.78, 5) is 6.58. The van der Waals surface area contributed by atoms with Gasteiger partial charge in [0.05, 0.1) is 0 Å². The summed E-state index contributed by atoms with van der Waals surface area (Å²) in [5.41, 5.74) is 2.37. The minimum Gasteiger partial charge on any atom is -0.310 e. The van der Waals surface area contributed by atoms with Crippen LogP contribution in [-0.4, -0.2) is 35.6 Å². The van der Waals surface area contributed by atoms with Gasteiger partial charge in [-0.2, -0.15) is 0 Å². The van der Waals surface area contributed by atoms with Gasteiger partial charge in [0.1, 0.15) is 5.82 Å². The molecule has 1 aliphatic heterocycles. The number of benzene rings is 1. The molecule has 3 rings (SSSR count). The summed E-state index contributed by atoms with van der Waals surface area (Å²) in [7, 11) is 0. The van der Waals surface area contributed by atoms with E-state index in [1.54, 1.807) is 12.1 Å². The zero-order valence-electron chi connectivity index (χ0n) is 13.4. The number of nitrogens with one attached hydrogen (secondary N) is 1. The number of rotatable bonds is 6. The molecule has 0 spiro atoms. The molecule has 1 fully saturated rings. The Morgan fingerprint density at radius 2 is 1.87 bits per heavy atom. The number of pyridine rings is 1. The average Bonchev–Trinajstić information content (AvgIpc) is 2.60. The van der Waals surface area contributed by atoms with Crippen molar-refractivity contribution in [2.45, 2.75) is 31.8 Å². The maximum atomic E-state index is 13.2. The Balaban J connectivity index is 1.37. The fraction of sp³-hybridized carbons (Fsp3) is 0.421. The van der Waals surface area contributed by atoms with Crippen LogP contribution in [0.4, 0.5) is 4.39 Å². The Labute approximate surface area is 137 Å². The van der Waals surface area contributed by atoms with E-state index in [4.69, 9.17) is 0 Å². The second-order valence-corrected chi connectivity index (χ2v) is 6.23. The predicted octanol–water partition coefficient (Wildman–Crippen LogP) is 3.02. The summed E-state index contributed by atoms with van der Waals surface area (Å²) in [6.45, 7) is 4.12. The summed E-state index contributed by atoms with van der Waals surface area (Å²) in [5, 5.41) is 3.56. The second-order valence-electron chi connectivity index (χ2n) is 6.23. The van der Waals surface area contributed by atoms with Crippen LogP contribution in [-0.2, 0) is 13.0 Å². The normalized spacial score (nSPS) is 16.6. The molecule has 1 aliphatic rings. The van der Waals surface area contributed by atoms with Crippen molar-refractivity contribution in [1.82, 2.24) is 15.2 Å². The molecule has 1 N–H and O–H groups in total. The first-order chi connectivity index (χ1) is 11.3. The van der Waals surface area contributed by atoms with Crippen molar-refractivity contribution < 1.29 is 4.39 Å². The summed E-state index contributed by atoms with van der Waals surface area (Å²) < 4.78 is 13.2. The van der Waals surface area contributed by atoms with E-state index in [9.17, 15) is 4.39 Å². The zero-order valence-corrected chi connectivity index (χ0v) is 13.4. The molecule has 122 valence electrons. The Bertz CT molecular complexity index is 595. The van der Waals surface area contributed by atoms with E-state index >= 15 is 0 Å². The van der Waals surface area contributed by atoms with E-state index in [1.165, 1.54) is 11.6 Å². The molecule has 4 heteroatoms. The van der Waals surface area contributed by atoms with Gasteiger partial charge in [-0.1, -0.05) is 12.1 Å². The Kier molecular flexibility index (Phi) is 5.72. The van der Waals surface area contributed by atoms with E-state index in [1.807, 2.05) is 18.5 Å². The standard InChI is InChI=1S/C19H24FN3/c20-18-3-1-2-17(14-18)15-22-19-7-12-23(13-8-19)11-6-16-4-9-21-10-5-16/h1-5,9-10,14,19,22H,6-8,11-13,15H2. The number of piperidine rings is 1. The minimum atomic E-state index is -0.157. The molecule has 23 heavy (non-hydrogen) atoms. The van der Waals surface area contributed by atoms with Crippen LogP contribution in [0.1, 0.15) is 24.0 Å². The molecular weight excluding hydrogens is 289 g/mol. The fourth-order valence-corrected chi connectivity index (χ4v) is 3.11. The van der Waals surface area contributed by atoms with Crippen molar-refractivity contribution in [3.63, 3.8) is 0 Å². The lowest BCUT2D eigenvalue weighted by Gasteiger charge is -2.32. The van der Waals surface area contributed by atoms with Gasteiger partial charge in [-0.25, -0.2) is 4.39 Å². The van der Waals surface area contributed by atoms with Gasteiger partial charge in [-0.3, -0.25) is 4.98 Å². The third-order valence-electron chi connectivity index (χ3n) is 4.54. The Morgan fingerprint density at radius 3 is 2.61 bits per heavy atom. The largest absolute Gasteiger partial charge is 0.310 e. The Hall–Kier alpha value is -1.78. The minimum absolute atomic E-state index is 0.157. The SMILES string of the molecule is Fc1cccc(CNC2CCN(CCc3ccncc3)CC2)c1. The number of hydrogen-bond acceptors (Lipinski definition) is 3. The van der Waals surface area contributed by atoms with E-state index in [0.29, 0.717) is 6.04 Å². The average molecular weight is 313 g/mol. The highest BCUT2D eigenvalue weighted by molar-refractivity contribution is 5.16. The maximum Gasteiger partial charge on any atom is 0.123 e. The van der Waals surface area contributed by atoms with Crippen molar-refractivity contribution in [2.75, 3.05) is 19.6 Å². The van der Waals surface area contributed by atoms with Crippen LogP contribution in [0, 0.1) is 5.82 Å². The molecule has 1 saturated heterocycles. The molecule has 2 heterocycles. The molecule has 0 aliphatic carbocycles. The van der Waals surface area contributed by atoms with Crippen LogP contribution in [0.25, 0.3) is 0 Å². The lowest BCUT2D eigenvalue weighted by Crippen LogP contribution is -2.42. The summed E-state index contributed by atoms with van der Waals surface area (Å²) >= 11 is 0. The molecule has 0 atom stereocenters. The van der Waals surface area contributed by atoms with E-state index in [0.717, 1.165) is 51.0 Å². The van der Waals surface area contributed by atoms with Crippen molar-refractivity contribution >= 4 is 0 Å². The van der Waals surface area contributed by atoms with Crippen LogP contribution >= 0.6 is 0 Å². The van der Waals surface area contributed by atoms with Crippen molar-refractivity contribution in [2.24, 2.45) is 0 Å². The Morgan fingerprint density at radius 1 is 1.09 bits per heavy atom. The molecule has 1 aromatic heterocycles. The van der Waals surface area contributed by atoms with Crippen LogP contribution < -0.4 is 5.32 Å². The monoisotopic (exact) mass is 313 g/mol. The summed E-state index contributed by atoms with van der Waals surface area (Å²) in [5.74, 6) is -0.157. The molecule has 0 amide bonds. The lowest BCUT2D eigenvalue weighted by atomic mass is 10.0. The van der Waals surface area contributed by atoms with Gasteiger partial charge in [0.25, 0.3) is 0 Å². The molecule has 2 aromatic rings. The molecule has 0 bridgehead atoms. The topological polar surface area (TPSA) is 28.2 Å². The number of aromatic nitrogens is 1. The van der Waals surface area contributed by atoms with Crippen molar-refractivity contribution in [3.8, 4) is 0 Å². The second kappa shape index (κ2) is 8.18. The zero-order chi connectivity index (χ0) is 15.9. The van der Waals surface area contributed by atoms with Crippen molar-refractivity contribution in [3.05, 3.63) is 65.7 Å². The van der Waals surface area contributed by atoms with Gasteiger partial charge < -0.3 is 10.2 Å². The lowest BCUT2D eigenvalue weighted by molar-refractivity contribution is 0.199. The quantitative estimate of drug-likeness (QED) is 0.888. The number of nitrogens with zero attached hydrogens (tertiary/aromatic N) is 2. The summed E-state index contributed by atoms with van der Waals surface area (Å²) in [6, 6.07) is 11.6. The molecule has 0 saturated carbocycles.